The summed E-state index contributed by atoms with van der Waals surface area (Å²) >= 11 is 3.71. The maximum absolute atomic E-state index is 8.52. The molecule has 58 valence electrons. The van der Waals surface area contributed by atoms with Crippen molar-refractivity contribution in [3.8, 4) is 0 Å². The van der Waals surface area contributed by atoms with Gasteiger partial charge in [-0.2, -0.15) is 0 Å². The Morgan fingerprint density at radius 2 is 1.67 bits per heavy atom. The topological polar surface area (TPSA) is 20.2 Å². The first-order valence-electron chi connectivity index (χ1n) is 2.27. The van der Waals surface area contributed by atoms with Crippen molar-refractivity contribution >= 4 is 23.5 Å². The molecule has 0 amide bonds. The summed E-state index contributed by atoms with van der Waals surface area (Å²) in [5, 5.41) is 8.52. The van der Waals surface area contributed by atoms with Gasteiger partial charge in [0.1, 0.15) is 0 Å². The average Bonchev–Trinajstić information content (AvgIpc) is 2.14. The Labute approximate surface area is 66.6 Å². The molecule has 0 aliphatic carbocycles. The van der Waals surface area contributed by atoms with E-state index in [1.54, 1.807) is 0 Å². The van der Waals surface area contributed by atoms with Crippen molar-refractivity contribution in [2.45, 2.75) is 19.4 Å². The van der Waals surface area contributed by atoms with Crippen molar-refractivity contribution < 1.29 is 5.11 Å². The van der Waals surface area contributed by atoms with E-state index in [2.05, 4.69) is 0 Å². The van der Waals surface area contributed by atoms with Crippen molar-refractivity contribution in [1.29, 1.82) is 0 Å². The Morgan fingerprint density at radius 3 is 1.89 bits per heavy atom. The van der Waals surface area contributed by atoms with Gasteiger partial charge in [-0.1, -0.05) is 14.9 Å². The lowest BCUT2D eigenvalue weighted by atomic mass is 10.9. The number of thioether (sulfide) groups is 2. The van der Waals surface area contributed by atoms with Gasteiger partial charge in [0.05, 0.1) is 11.2 Å². The van der Waals surface area contributed by atoms with E-state index in [4.69, 9.17) is 5.11 Å². The second-order valence-corrected chi connectivity index (χ2v) is 4.27. The molecule has 1 rings (SSSR count). The molecule has 9 heavy (non-hydrogen) atoms. The third-order valence-electron chi connectivity index (χ3n) is 0.840. The lowest BCUT2D eigenvalue weighted by Crippen LogP contribution is -1.96. The van der Waals surface area contributed by atoms with Crippen LogP contribution in [0.3, 0.4) is 0 Å². The minimum Gasteiger partial charge on any atom is -0.394 e. The van der Waals surface area contributed by atoms with E-state index in [0.29, 0.717) is 11.2 Å². The molecule has 1 heterocycles. The number of hydrogen-bond acceptors (Lipinski definition) is 3. The molecular formula is C6H16OS2. The molecule has 1 aliphatic heterocycles. The first-order valence-corrected chi connectivity index (χ1v) is 4.37. The second kappa shape index (κ2) is 6.78. The Hall–Kier alpha value is 0.660. The average molecular weight is 168 g/mol. The largest absolute Gasteiger partial charge is 0.394 e. The van der Waals surface area contributed by atoms with Crippen molar-refractivity contribution in [2.24, 2.45) is 0 Å². The SMILES string of the molecule is C.C.OCC1SCCS1. The van der Waals surface area contributed by atoms with E-state index in [-0.39, 0.29) is 14.9 Å². The van der Waals surface area contributed by atoms with Gasteiger partial charge in [0, 0.05) is 11.5 Å². The van der Waals surface area contributed by atoms with Crippen LogP contribution in [0.4, 0.5) is 0 Å². The molecule has 0 aromatic carbocycles. The van der Waals surface area contributed by atoms with Gasteiger partial charge in [-0.25, -0.2) is 0 Å². The Balaban J connectivity index is 0. The zero-order valence-corrected chi connectivity index (χ0v) is 5.60. The summed E-state index contributed by atoms with van der Waals surface area (Å²) in [5.41, 5.74) is 0. The molecule has 0 aromatic heterocycles. The van der Waals surface area contributed by atoms with Crippen LogP contribution in [-0.4, -0.2) is 27.8 Å². The summed E-state index contributed by atoms with van der Waals surface area (Å²) < 4.78 is 0.486. The summed E-state index contributed by atoms with van der Waals surface area (Å²) in [6.07, 6.45) is 0. The van der Waals surface area contributed by atoms with Crippen molar-refractivity contribution in [3.63, 3.8) is 0 Å². The van der Waals surface area contributed by atoms with Crippen LogP contribution in [0.2, 0.25) is 0 Å². The van der Waals surface area contributed by atoms with Gasteiger partial charge < -0.3 is 5.11 Å². The summed E-state index contributed by atoms with van der Waals surface area (Å²) in [6, 6.07) is 0. The maximum Gasteiger partial charge on any atom is 0.0733 e. The van der Waals surface area contributed by atoms with Crippen LogP contribution in [0.15, 0.2) is 0 Å². The summed E-state index contributed by atoms with van der Waals surface area (Å²) in [7, 11) is 0. The summed E-state index contributed by atoms with van der Waals surface area (Å²) in [4.78, 5) is 0. The smallest absolute Gasteiger partial charge is 0.0733 e. The molecule has 1 nitrogen and oxygen atoms in total. The summed E-state index contributed by atoms with van der Waals surface area (Å²) in [6.45, 7) is 0.343. The van der Waals surface area contributed by atoms with Crippen LogP contribution in [-0.2, 0) is 0 Å². The van der Waals surface area contributed by atoms with Gasteiger partial charge in [-0.15, -0.1) is 23.5 Å². The van der Waals surface area contributed by atoms with Crippen LogP contribution in [0.25, 0.3) is 0 Å². The Bertz CT molecular complexity index is 53.0. The van der Waals surface area contributed by atoms with Crippen LogP contribution in [0.1, 0.15) is 14.9 Å². The zero-order chi connectivity index (χ0) is 5.11. The van der Waals surface area contributed by atoms with Gasteiger partial charge in [0.15, 0.2) is 0 Å². The van der Waals surface area contributed by atoms with Crippen LogP contribution < -0.4 is 0 Å². The van der Waals surface area contributed by atoms with Gasteiger partial charge >= 0.3 is 0 Å². The van der Waals surface area contributed by atoms with Crippen molar-refractivity contribution in [3.05, 3.63) is 0 Å². The predicted molar refractivity (Wildman–Crippen MR) is 49.3 cm³/mol. The standard InChI is InChI=1S/C4H8OS2.2CH4/c5-3-4-6-1-2-7-4;;/h4-5H,1-3H2;2*1H4. The molecule has 0 atom stereocenters. The van der Waals surface area contributed by atoms with E-state index in [1.165, 1.54) is 11.5 Å². The molecule has 0 saturated carbocycles. The lowest BCUT2D eigenvalue weighted by molar-refractivity contribution is 0.316. The highest BCUT2D eigenvalue weighted by atomic mass is 32.2. The molecule has 0 aromatic rings. The second-order valence-electron chi connectivity index (χ2n) is 1.35. The van der Waals surface area contributed by atoms with Gasteiger partial charge in [-0.05, 0) is 0 Å². The quantitative estimate of drug-likeness (QED) is 0.647. The Morgan fingerprint density at radius 1 is 1.22 bits per heavy atom. The van der Waals surface area contributed by atoms with Gasteiger partial charge in [-0.3, -0.25) is 0 Å². The highest BCUT2D eigenvalue weighted by Gasteiger charge is 2.13. The fraction of sp³-hybridized carbons (Fsp3) is 1.00. The number of hydrogen-bond donors (Lipinski definition) is 1. The third-order valence-corrected chi connectivity index (χ3v) is 3.84. The number of aliphatic hydroxyl groups excluding tert-OH is 1. The van der Waals surface area contributed by atoms with Crippen molar-refractivity contribution in [1.82, 2.24) is 0 Å². The Kier molecular flexibility index (Phi) is 9.30. The molecule has 0 unspecified atom stereocenters. The normalized spacial score (nSPS) is 18.3. The molecule has 1 fully saturated rings. The van der Waals surface area contributed by atoms with E-state index < -0.39 is 0 Å². The fourth-order valence-corrected chi connectivity index (χ4v) is 2.98. The van der Waals surface area contributed by atoms with Crippen LogP contribution in [0, 0.1) is 0 Å². The molecule has 3 heteroatoms. The molecule has 1 N–H and O–H groups in total. The first kappa shape index (κ1) is 12.3. The van der Waals surface area contributed by atoms with Crippen molar-refractivity contribution in [2.75, 3.05) is 18.1 Å². The van der Waals surface area contributed by atoms with Crippen LogP contribution >= 0.6 is 23.5 Å². The van der Waals surface area contributed by atoms with Crippen LogP contribution in [0.5, 0.6) is 0 Å². The zero-order valence-electron chi connectivity index (χ0n) is 3.96. The van der Waals surface area contributed by atoms with E-state index in [9.17, 15) is 0 Å². The maximum atomic E-state index is 8.52. The molecule has 1 aliphatic rings. The minimum absolute atomic E-state index is 0. The minimum atomic E-state index is 0. The molecule has 0 radical (unpaired) electrons. The number of rotatable bonds is 1. The molecule has 0 bridgehead atoms. The summed E-state index contributed by atoms with van der Waals surface area (Å²) in [5.74, 6) is 2.44. The number of aliphatic hydroxyl groups is 1. The first-order chi connectivity index (χ1) is 3.43. The van der Waals surface area contributed by atoms with E-state index >= 15 is 0 Å². The monoisotopic (exact) mass is 168 g/mol. The van der Waals surface area contributed by atoms with E-state index in [0.717, 1.165) is 0 Å². The highest BCUT2D eigenvalue weighted by molar-refractivity contribution is 8.20. The molecular weight excluding hydrogens is 152 g/mol. The molecule has 1 saturated heterocycles. The van der Waals surface area contributed by atoms with Gasteiger partial charge in [0.2, 0.25) is 0 Å². The van der Waals surface area contributed by atoms with E-state index in [1.807, 2.05) is 23.5 Å². The highest BCUT2D eigenvalue weighted by Crippen LogP contribution is 2.30. The van der Waals surface area contributed by atoms with Gasteiger partial charge in [0.25, 0.3) is 0 Å². The predicted octanol–water partition coefficient (Wildman–Crippen LogP) is 2.06. The third kappa shape index (κ3) is 4.12. The fourth-order valence-electron chi connectivity index (χ4n) is 0.513. The lowest BCUT2D eigenvalue weighted by Gasteiger charge is -1.97. The molecule has 0 spiro atoms.